The minimum absolute atomic E-state index is 0.502. The van der Waals surface area contributed by atoms with Crippen LogP contribution in [0.5, 0.6) is 0 Å². The summed E-state index contributed by atoms with van der Waals surface area (Å²) in [4.78, 5) is 15.6. The van der Waals surface area contributed by atoms with Crippen molar-refractivity contribution in [2.75, 3.05) is 5.32 Å². The second-order valence-electron chi connectivity index (χ2n) is 4.10. The average Bonchev–Trinajstić information content (AvgIpc) is 2.06. The Morgan fingerprint density at radius 2 is 2.00 bits per heavy atom. The van der Waals surface area contributed by atoms with Gasteiger partial charge in [-0.15, -0.1) is 0 Å². The number of carbonyl (C=O) groups excluding carboxylic acids is 1. The van der Waals surface area contributed by atoms with Crippen molar-refractivity contribution in [3.63, 3.8) is 0 Å². The molecule has 0 atom stereocenters. The molecule has 4 nitrogen and oxygen atoms in total. The topological polar surface area (TPSA) is 51.2 Å². The van der Waals surface area contributed by atoms with Gasteiger partial charge in [-0.1, -0.05) is 0 Å². The van der Waals surface area contributed by atoms with E-state index >= 15 is 0 Å². The third kappa shape index (κ3) is 4.49. The van der Waals surface area contributed by atoms with Gasteiger partial charge < -0.3 is 4.74 Å². The molecule has 0 aromatic carbocycles. The Hall–Kier alpha value is -0.620. The van der Waals surface area contributed by atoms with E-state index in [-0.39, 0.29) is 0 Å². The molecule has 1 aromatic heterocycles. The fraction of sp³-hybridized carbons (Fsp3) is 0.400. The predicted octanol–water partition coefficient (Wildman–Crippen LogP) is 3.95. The monoisotopic (exact) mass is 350 g/mol. The molecule has 0 saturated carbocycles. The Morgan fingerprint density at radius 3 is 2.50 bits per heavy atom. The van der Waals surface area contributed by atoms with E-state index in [1.807, 2.05) is 20.8 Å². The van der Waals surface area contributed by atoms with Gasteiger partial charge in [0.1, 0.15) is 14.8 Å². The van der Waals surface area contributed by atoms with Gasteiger partial charge in [-0.2, -0.15) is 0 Å². The van der Waals surface area contributed by atoms with Gasteiger partial charge in [0.2, 0.25) is 0 Å². The molecule has 1 aromatic rings. The van der Waals surface area contributed by atoms with Gasteiger partial charge in [0, 0.05) is 0 Å². The minimum atomic E-state index is -0.515. The molecule has 0 unspecified atom stereocenters. The summed E-state index contributed by atoms with van der Waals surface area (Å²) in [5.74, 6) is 0. The van der Waals surface area contributed by atoms with Crippen molar-refractivity contribution < 1.29 is 9.53 Å². The molecule has 16 heavy (non-hydrogen) atoms. The zero-order valence-corrected chi connectivity index (χ0v) is 12.3. The number of carbonyl (C=O) groups is 1. The van der Waals surface area contributed by atoms with Gasteiger partial charge in [-0.05, 0) is 64.8 Å². The van der Waals surface area contributed by atoms with E-state index in [0.29, 0.717) is 14.9 Å². The van der Waals surface area contributed by atoms with E-state index in [2.05, 4.69) is 42.2 Å². The first kappa shape index (κ1) is 13.4. The van der Waals surface area contributed by atoms with Gasteiger partial charge >= 0.3 is 6.09 Å². The lowest BCUT2D eigenvalue weighted by atomic mass is 10.2. The zero-order valence-electron chi connectivity index (χ0n) is 9.17. The van der Waals surface area contributed by atoms with Gasteiger partial charge in [-0.25, -0.2) is 9.78 Å². The number of aromatic nitrogens is 1. The quantitative estimate of drug-likeness (QED) is 0.779. The molecule has 0 aliphatic rings. The van der Waals surface area contributed by atoms with E-state index in [9.17, 15) is 4.79 Å². The number of nitrogens with zero attached hydrogens (tertiary/aromatic N) is 1. The number of nitrogens with one attached hydrogen (secondary N) is 1. The second kappa shape index (κ2) is 5.14. The highest BCUT2D eigenvalue weighted by atomic mass is 79.9. The molecule has 1 N–H and O–H groups in total. The lowest BCUT2D eigenvalue weighted by Gasteiger charge is -2.19. The molecule has 0 radical (unpaired) electrons. The molecule has 0 aliphatic heterocycles. The number of halogens is 2. The highest BCUT2D eigenvalue weighted by molar-refractivity contribution is 9.11. The summed E-state index contributed by atoms with van der Waals surface area (Å²) < 4.78 is 6.35. The van der Waals surface area contributed by atoms with Crippen LogP contribution < -0.4 is 5.32 Å². The number of ether oxygens (including phenoxy) is 1. The SMILES string of the molecule is CC(C)(C)OC(=O)Nc1ccc(Br)nc1Br. The summed E-state index contributed by atoms with van der Waals surface area (Å²) >= 11 is 6.47. The second-order valence-corrected chi connectivity index (χ2v) is 5.66. The zero-order chi connectivity index (χ0) is 12.3. The molecule has 1 heterocycles. The Bertz CT molecular complexity index is 402. The van der Waals surface area contributed by atoms with Crippen molar-refractivity contribution >= 4 is 43.6 Å². The highest BCUT2D eigenvalue weighted by Gasteiger charge is 2.17. The van der Waals surface area contributed by atoms with Gasteiger partial charge in [0.05, 0.1) is 5.69 Å². The van der Waals surface area contributed by atoms with Crippen LogP contribution in [0.4, 0.5) is 10.5 Å². The standard InChI is InChI=1S/C10H12Br2N2O2/c1-10(2,3)16-9(15)13-6-4-5-7(11)14-8(6)12/h4-5H,1-3H3,(H,13,15). The maximum atomic E-state index is 11.5. The van der Waals surface area contributed by atoms with Crippen LogP contribution in [-0.2, 0) is 4.74 Å². The number of amides is 1. The molecule has 0 saturated heterocycles. The van der Waals surface area contributed by atoms with E-state index in [1.54, 1.807) is 12.1 Å². The van der Waals surface area contributed by atoms with Crippen LogP contribution in [0, 0.1) is 0 Å². The molecule has 0 bridgehead atoms. The van der Waals surface area contributed by atoms with Crippen LogP contribution in [0.25, 0.3) is 0 Å². The fourth-order valence-electron chi connectivity index (χ4n) is 0.919. The van der Waals surface area contributed by atoms with Crippen LogP contribution in [0.1, 0.15) is 20.8 Å². The number of anilines is 1. The van der Waals surface area contributed by atoms with E-state index < -0.39 is 11.7 Å². The van der Waals surface area contributed by atoms with Gasteiger partial charge in [0.25, 0.3) is 0 Å². The molecule has 6 heteroatoms. The Labute approximate surface area is 111 Å². The third-order valence-electron chi connectivity index (χ3n) is 1.45. The lowest BCUT2D eigenvalue weighted by molar-refractivity contribution is 0.0636. The van der Waals surface area contributed by atoms with E-state index in [0.717, 1.165) is 0 Å². The Kier molecular flexibility index (Phi) is 4.32. The molecule has 0 fully saturated rings. The predicted molar refractivity (Wildman–Crippen MR) is 69.5 cm³/mol. The summed E-state index contributed by atoms with van der Waals surface area (Å²) in [6.45, 7) is 5.42. The van der Waals surface area contributed by atoms with Crippen molar-refractivity contribution in [2.45, 2.75) is 26.4 Å². The van der Waals surface area contributed by atoms with Crippen molar-refractivity contribution in [1.82, 2.24) is 4.98 Å². The summed E-state index contributed by atoms with van der Waals surface area (Å²) in [7, 11) is 0. The third-order valence-corrected chi connectivity index (χ3v) is 2.50. The largest absolute Gasteiger partial charge is 0.444 e. The maximum Gasteiger partial charge on any atom is 0.412 e. The Morgan fingerprint density at radius 1 is 1.38 bits per heavy atom. The van der Waals surface area contributed by atoms with Crippen molar-refractivity contribution in [2.24, 2.45) is 0 Å². The van der Waals surface area contributed by atoms with Gasteiger partial charge in [0.15, 0.2) is 0 Å². The molecule has 1 amide bonds. The normalized spacial score (nSPS) is 11.1. The molecule has 88 valence electrons. The van der Waals surface area contributed by atoms with Crippen LogP contribution >= 0.6 is 31.9 Å². The van der Waals surface area contributed by atoms with Crippen molar-refractivity contribution in [3.8, 4) is 0 Å². The first-order valence-corrected chi connectivity index (χ1v) is 6.18. The first-order chi connectivity index (χ1) is 7.28. The van der Waals surface area contributed by atoms with E-state index in [1.165, 1.54) is 0 Å². The maximum absolute atomic E-state index is 11.5. The molecular weight excluding hydrogens is 340 g/mol. The summed E-state index contributed by atoms with van der Waals surface area (Å²) in [6.07, 6.45) is -0.502. The highest BCUT2D eigenvalue weighted by Crippen LogP contribution is 2.23. The average molecular weight is 352 g/mol. The van der Waals surface area contributed by atoms with Crippen molar-refractivity contribution in [3.05, 3.63) is 21.3 Å². The van der Waals surface area contributed by atoms with Crippen LogP contribution in [0.15, 0.2) is 21.3 Å². The molecule has 1 rings (SSSR count). The van der Waals surface area contributed by atoms with Crippen LogP contribution in [0.2, 0.25) is 0 Å². The summed E-state index contributed by atoms with van der Waals surface area (Å²) in [6, 6.07) is 3.46. The molecular formula is C10H12Br2N2O2. The van der Waals surface area contributed by atoms with E-state index in [4.69, 9.17) is 4.74 Å². The lowest BCUT2D eigenvalue weighted by Crippen LogP contribution is -2.27. The van der Waals surface area contributed by atoms with Gasteiger partial charge in [-0.3, -0.25) is 5.32 Å². The van der Waals surface area contributed by atoms with Crippen LogP contribution in [0.3, 0.4) is 0 Å². The van der Waals surface area contributed by atoms with Crippen molar-refractivity contribution in [1.29, 1.82) is 0 Å². The molecule has 0 spiro atoms. The molecule has 0 aliphatic carbocycles. The van der Waals surface area contributed by atoms with Crippen LogP contribution in [-0.4, -0.2) is 16.7 Å². The summed E-state index contributed by atoms with van der Waals surface area (Å²) in [5, 5.41) is 2.60. The summed E-state index contributed by atoms with van der Waals surface area (Å²) in [5.41, 5.74) is 0.0526. The first-order valence-electron chi connectivity index (χ1n) is 4.60. The minimum Gasteiger partial charge on any atom is -0.444 e. The fourth-order valence-corrected chi connectivity index (χ4v) is 1.89. The Balaban J connectivity index is 2.70. The number of rotatable bonds is 1. The number of hydrogen-bond acceptors (Lipinski definition) is 3. The number of pyridine rings is 1. The number of hydrogen-bond donors (Lipinski definition) is 1. The smallest absolute Gasteiger partial charge is 0.412 e.